The van der Waals surface area contributed by atoms with Crippen LogP contribution in [0.15, 0.2) is 54.6 Å². The number of ether oxygens (including phenoxy) is 1. The lowest BCUT2D eigenvalue weighted by atomic mass is 10.0. The van der Waals surface area contributed by atoms with Crippen LogP contribution in [0, 0.1) is 0 Å². The van der Waals surface area contributed by atoms with Gasteiger partial charge in [-0.2, -0.15) is 0 Å². The molecule has 0 radical (unpaired) electrons. The molecule has 2 aromatic carbocycles. The summed E-state index contributed by atoms with van der Waals surface area (Å²) < 4.78 is 5.72. The highest BCUT2D eigenvalue weighted by Crippen LogP contribution is 2.27. The Morgan fingerprint density at radius 2 is 1.67 bits per heavy atom. The second-order valence-electron chi connectivity index (χ2n) is 6.41. The van der Waals surface area contributed by atoms with Crippen molar-refractivity contribution in [1.29, 1.82) is 0 Å². The molecule has 1 aliphatic heterocycles. The van der Waals surface area contributed by atoms with Crippen LogP contribution in [0.4, 0.5) is 5.69 Å². The van der Waals surface area contributed by atoms with Crippen molar-refractivity contribution < 1.29 is 9.53 Å². The largest absolute Gasteiger partial charge is 0.373 e. The van der Waals surface area contributed by atoms with Gasteiger partial charge in [-0.3, -0.25) is 9.69 Å². The van der Waals surface area contributed by atoms with Gasteiger partial charge in [-0.05, 0) is 25.5 Å². The Morgan fingerprint density at radius 1 is 1.04 bits per heavy atom. The van der Waals surface area contributed by atoms with Crippen molar-refractivity contribution in [2.24, 2.45) is 0 Å². The lowest BCUT2D eigenvalue weighted by Crippen LogP contribution is -2.48. The Balaban J connectivity index is 1.69. The highest BCUT2D eigenvalue weighted by atomic mass is 16.5. The number of hydrogen-bond acceptors (Lipinski definition) is 3. The van der Waals surface area contributed by atoms with Crippen molar-refractivity contribution in [2.75, 3.05) is 25.0 Å². The number of benzene rings is 2. The zero-order valence-electron chi connectivity index (χ0n) is 14.2. The number of hydrogen-bond donors (Lipinski definition) is 1. The third-order valence-electron chi connectivity index (χ3n) is 4.15. The lowest BCUT2D eigenvalue weighted by Gasteiger charge is -2.34. The van der Waals surface area contributed by atoms with Crippen LogP contribution in [0.5, 0.6) is 0 Å². The van der Waals surface area contributed by atoms with E-state index in [0.29, 0.717) is 6.54 Å². The van der Waals surface area contributed by atoms with Crippen LogP contribution in [0.3, 0.4) is 0 Å². The van der Waals surface area contributed by atoms with Gasteiger partial charge in [0.25, 0.3) is 0 Å². The molecule has 0 bridgehead atoms. The zero-order valence-corrected chi connectivity index (χ0v) is 14.2. The van der Waals surface area contributed by atoms with Crippen LogP contribution in [0.2, 0.25) is 0 Å². The maximum Gasteiger partial charge on any atom is 0.238 e. The number of amides is 1. The van der Waals surface area contributed by atoms with E-state index in [1.165, 1.54) is 0 Å². The summed E-state index contributed by atoms with van der Waals surface area (Å²) >= 11 is 0. The Morgan fingerprint density at radius 3 is 2.38 bits per heavy atom. The quantitative estimate of drug-likeness (QED) is 0.937. The average Bonchev–Trinajstić information content (AvgIpc) is 2.55. The molecule has 1 saturated heterocycles. The minimum Gasteiger partial charge on any atom is -0.373 e. The van der Waals surface area contributed by atoms with Crippen LogP contribution < -0.4 is 5.32 Å². The van der Waals surface area contributed by atoms with Crippen molar-refractivity contribution >= 4 is 11.6 Å². The van der Waals surface area contributed by atoms with E-state index in [1.54, 1.807) is 0 Å². The molecular formula is C20H24N2O2. The minimum absolute atomic E-state index is 0.0136. The highest BCUT2D eigenvalue weighted by Gasteiger charge is 2.23. The van der Waals surface area contributed by atoms with Gasteiger partial charge in [-0.15, -0.1) is 0 Å². The summed E-state index contributed by atoms with van der Waals surface area (Å²) in [4.78, 5) is 14.6. The van der Waals surface area contributed by atoms with E-state index in [0.717, 1.165) is 29.9 Å². The first-order chi connectivity index (χ1) is 11.6. The fourth-order valence-corrected chi connectivity index (χ4v) is 3.27. The smallest absolute Gasteiger partial charge is 0.238 e. The number of nitrogens with one attached hydrogen (secondary N) is 1. The number of rotatable bonds is 4. The number of nitrogens with zero attached hydrogens (tertiary/aromatic N) is 1. The molecular weight excluding hydrogens is 300 g/mol. The molecule has 0 aliphatic carbocycles. The highest BCUT2D eigenvalue weighted by molar-refractivity contribution is 5.96. The maximum absolute atomic E-state index is 12.5. The molecule has 1 N–H and O–H groups in total. The fourth-order valence-electron chi connectivity index (χ4n) is 3.27. The lowest BCUT2D eigenvalue weighted by molar-refractivity contribution is -0.121. The fraction of sp³-hybridized carbons (Fsp3) is 0.350. The Labute approximate surface area is 143 Å². The molecule has 1 heterocycles. The van der Waals surface area contributed by atoms with Crippen LogP contribution in [0.1, 0.15) is 13.8 Å². The Hall–Kier alpha value is -2.17. The average molecular weight is 324 g/mol. The third-order valence-corrected chi connectivity index (χ3v) is 4.15. The van der Waals surface area contributed by atoms with E-state index in [2.05, 4.69) is 22.3 Å². The van der Waals surface area contributed by atoms with Gasteiger partial charge in [0, 0.05) is 24.3 Å². The number of morpholine rings is 1. The van der Waals surface area contributed by atoms with E-state index in [9.17, 15) is 4.79 Å². The standard InChI is InChI=1S/C20H24N2O2/c1-15-12-22(13-16(2)24-15)14-20(23)21-19-11-7-6-10-18(19)17-8-4-3-5-9-17/h3-11,15-16H,12-14H2,1-2H3,(H,21,23). The van der Waals surface area contributed by atoms with Gasteiger partial charge in [0.15, 0.2) is 0 Å². The van der Waals surface area contributed by atoms with Crippen molar-refractivity contribution in [1.82, 2.24) is 4.90 Å². The third kappa shape index (κ3) is 4.22. The molecule has 3 rings (SSSR count). The molecule has 2 unspecified atom stereocenters. The molecule has 2 aromatic rings. The predicted molar refractivity (Wildman–Crippen MR) is 97.0 cm³/mol. The second kappa shape index (κ2) is 7.60. The first-order valence-corrected chi connectivity index (χ1v) is 8.44. The topological polar surface area (TPSA) is 41.6 Å². The number of carbonyl (C=O) groups is 1. The molecule has 2 atom stereocenters. The molecule has 24 heavy (non-hydrogen) atoms. The normalized spacial score (nSPS) is 21.4. The molecule has 0 saturated carbocycles. The van der Waals surface area contributed by atoms with E-state index in [1.807, 2.05) is 56.3 Å². The van der Waals surface area contributed by atoms with E-state index < -0.39 is 0 Å². The van der Waals surface area contributed by atoms with Crippen molar-refractivity contribution in [3.8, 4) is 11.1 Å². The molecule has 4 nitrogen and oxygen atoms in total. The predicted octanol–water partition coefficient (Wildman–Crippen LogP) is 3.40. The molecule has 126 valence electrons. The summed E-state index contributed by atoms with van der Waals surface area (Å²) in [5, 5.41) is 3.06. The van der Waals surface area contributed by atoms with Crippen LogP contribution in [-0.2, 0) is 9.53 Å². The summed E-state index contributed by atoms with van der Waals surface area (Å²) in [5.74, 6) is 0.0136. The molecule has 0 spiro atoms. The Bertz CT molecular complexity index is 677. The molecule has 1 fully saturated rings. The molecule has 1 amide bonds. The van der Waals surface area contributed by atoms with Gasteiger partial charge in [0.1, 0.15) is 0 Å². The SMILES string of the molecule is CC1CN(CC(=O)Nc2ccccc2-c2ccccc2)CC(C)O1. The van der Waals surface area contributed by atoms with Gasteiger partial charge in [0.2, 0.25) is 5.91 Å². The molecule has 0 aromatic heterocycles. The maximum atomic E-state index is 12.5. The van der Waals surface area contributed by atoms with E-state index in [-0.39, 0.29) is 18.1 Å². The van der Waals surface area contributed by atoms with Gasteiger partial charge in [-0.25, -0.2) is 0 Å². The second-order valence-corrected chi connectivity index (χ2v) is 6.41. The van der Waals surface area contributed by atoms with Crippen LogP contribution >= 0.6 is 0 Å². The summed E-state index contributed by atoms with van der Waals surface area (Å²) in [6.45, 7) is 6.06. The summed E-state index contributed by atoms with van der Waals surface area (Å²) in [6, 6.07) is 18.0. The minimum atomic E-state index is 0.0136. The van der Waals surface area contributed by atoms with Gasteiger partial charge in [-0.1, -0.05) is 48.5 Å². The van der Waals surface area contributed by atoms with Crippen molar-refractivity contribution in [2.45, 2.75) is 26.1 Å². The van der Waals surface area contributed by atoms with Gasteiger partial charge >= 0.3 is 0 Å². The van der Waals surface area contributed by atoms with E-state index >= 15 is 0 Å². The van der Waals surface area contributed by atoms with E-state index in [4.69, 9.17) is 4.74 Å². The number of anilines is 1. The van der Waals surface area contributed by atoms with Crippen molar-refractivity contribution in [3.63, 3.8) is 0 Å². The van der Waals surface area contributed by atoms with Gasteiger partial charge in [0.05, 0.1) is 18.8 Å². The first kappa shape index (κ1) is 16.7. The number of para-hydroxylation sites is 1. The van der Waals surface area contributed by atoms with Crippen LogP contribution in [-0.4, -0.2) is 42.6 Å². The molecule has 1 aliphatic rings. The monoisotopic (exact) mass is 324 g/mol. The first-order valence-electron chi connectivity index (χ1n) is 8.44. The van der Waals surface area contributed by atoms with Crippen LogP contribution in [0.25, 0.3) is 11.1 Å². The zero-order chi connectivity index (χ0) is 16.9. The van der Waals surface area contributed by atoms with Gasteiger partial charge < -0.3 is 10.1 Å². The van der Waals surface area contributed by atoms with Crippen molar-refractivity contribution in [3.05, 3.63) is 54.6 Å². The number of carbonyl (C=O) groups excluding carboxylic acids is 1. The molecule has 4 heteroatoms. The summed E-state index contributed by atoms with van der Waals surface area (Å²) in [6.07, 6.45) is 0.330. The Kier molecular flexibility index (Phi) is 5.28. The summed E-state index contributed by atoms with van der Waals surface area (Å²) in [7, 11) is 0. The summed E-state index contributed by atoms with van der Waals surface area (Å²) in [5.41, 5.74) is 2.99.